The molecule has 1 fully saturated rings. The van der Waals surface area contributed by atoms with Gasteiger partial charge in [-0.1, -0.05) is 35.3 Å². The van der Waals surface area contributed by atoms with Crippen molar-refractivity contribution in [3.63, 3.8) is 0 Å². The Hall–Kier alpha value is -1.27. The van der Waals surface area contributed by atoms with Gasteiger partial charge in [0.1, 0.15) is 4.90 Å². The van der Waals surface area contributed by atoms with Crippen LogP contribution in [0.5, 0.6) is 0 Å². The molecule has 0 atom stereocenters. The molecule has 24 heavy (non-hydrogen) atoms. The van der Waals surface area contributed by atoms with Gasteiger partial charge in [-0.15, -0.1) is 0 Å². The number of benzene rings is 2. The molecule has 0 aromatic heterocycles. The Kier molecular flexibility index (Phi) is 5.35. The van der Waals surface area contributed by atoms with Crippen molar-refractivity contribution in [2.24, 2.45) is 0 Å². The van der Waals surface area contributed by atoms with E-state index in [2.05, 4.69) is 9.62 Å². The first-order valence-electron chi connectivity index (χ1n) is 7.74. The van der Waals surface area contributed by atoms with E-state index in [1.165, 1.54) is 30.7 Å². The third-order valence-corrected chi connectivity index (χ3v) is 6.17. The van der Waals surface area contributed by atoms with Crippen LogP contribution < -0.4 is 9.62 Å². The van der Waals surface area contributed by atoms with Crippen molar-refractivity contribution in [1.29, 1.82) is 0 Å². The van der Waals surface area contributed by atoms with Crippen LogP contribution >= 0.6 is 23.2 Å². The Morgan fingerprint density at radius 2 is 1.67 bits per heavy atom. The van der Waals surface area contributed by atoms with Crippen molar-refractivity contribution in [1.82, 2.24) is 4.72 Å². The molecule has 0 radical (unpaired) electrons. The summed E-state index contributed by atoms with van der Waals surface area (Å²) < 4.78 is 27.3. The number of nitrogens with one attached hydrogen (secondary N) is 1. The molecule has 1 heterocycles. The highest BCUT2D eigenvalue weighted by Gasteiger charge is 2.18. The molecule has 7 heteroatoms. The highest BCUT2D eigenvalue weighted by atomic mass is 35.5. The number of hydrogen-bond donors (Lipinski definition) is 1. The second-order valence-electron chi connectivity index (χ2n) is 5.76. The monoisotopic (exact) mass is 384 g/mol. The summed E-state index contributed by atoms with van der Waals surface area (Å²) >= 11 is 11.8. The first-order valence-corrected chi connectivity index (χ1v) is 9.98. The summed E-state index contributed by atoms with van der Waals surface area (Å²) in [6, 6.07) is 12.3. The molecule has 2 aromatic rings. The molecule has 0 unspecified atom stereocenters. The van der Waals surface area contributed by atoms with Gasteiger partial charge in [-0.05, 0) is 48.7 Å². The van der Waals surface area contributed by atoms with Gasteiger partial charge >= 0.3 is 0 Å². The molecule has 2 aromatic carbocycles. The highest BCUT2D eigenvalue weighted by Crippen LogP contribution is 2.25. The maximum atomic E-state index is 12.4. The summed E-state index contributed by atoms with van der Waals surface area (Å²) in [7, 11) is -3.71. The number of anilines is 1. The topological polar surface area (TPSA) is 49.4 Å². The molecule has 0 spiro atoms. The van der Waals surface area contributed by atoms with Gasteiger partial charge in [0.2, 0.25) is 10.0 Å². The van der Waals surface area contributed by atoms with E-state index in [0.29, 0.717) is 5.02 Å². The highest BCUT2D eigenvalue weighted by molar-refractivity contribution is 7.89. The SMILES string of the molecule is O=S(=O)(NCc1ccc(N2CCCC2)cc1)c1cc(Cl)ccc1Cl. The molecule has 1 aliphatic rings. The fraction of sp³-hybridized carbons (Fsp3) is 0.294. The van der Waals surface area contributed by atoms with Gasteiger partial charge in [0, 0.05) is 30.3 Å². The summed E-state index contributed by atoms with van der Waals surface area (Å²) in [5.74, 6) is 0. The minimum Gasteiger partial charge on any atom is -0.372 e. The molecule has 0 aliphatic carbocycles. The third kappa shape index (κ3) is 4.03. The summed E-state index contributed by atoms with van der Waals surface area (Å²) in [6.07, 6.45) is 2.45. The fourth-order valence-corrected chi connectivity index (χ4v) is 4.52. The van der Waals surface area contributed by atoms with Crippen molar-refractivity contribution in [3.05, 3.63) is 58.1 Å². The lowest BCUT2D eigenvalue weighted by molar-refractivity contribution is 0.581. The standard InChI is InChI=1S/C17H18Cl2N2O2S/c18-14-5-8-16(19)17(11-14)24(22,23)20-12-13-3-6-15(7-4-13)21-9-1-2-10-21/h3-8,11,20H,1-2,9-10,12H2. The maximum Gasteiger partial charge on any atom is 0.242 e. The lowest BCUT2D eigenvalue weighted by atomic mass is 10.2. The van der Waals surface area contributed by atoms with E-state index in [1.807, 2.05) is 24.3 Å². The summed E-state index contributed by atoms with van der Waals surface area (Å²) in [5, 5.41) is 0.478. The molecule has 0 saturated carbocycles. The largest absolute Gasteiger partial charge is 0.372 e. The molecule has 128 valence electrons. The van der Waals surface area contributed by atoms with Gasteiger partial charge in [0.05, 0.1) is 5.02 Å². The summed E-state index contributed by atoms with van der Waals surface area (Å²) in [4.78, 5) is 2.32. The first-order chi connectivity index (χ1) is 11.5. The van der Waals surface area contributed by atoms with Crippen LogP contribution in [0, 0.1) is 0 Å². The van der Waals surface area contributed by atoms with E-state index < -0.39 is 10.0 Å². The smallest absolute Gasteiger partial charge is 0.242 e. The fourth-order valence-electron chi connectivity index (χ4n) is 2.74. The Morgan fingerprint density at radius 1 is 1.00 bits per heavy atom. The zero-order valence-electron chi connectivity index (χ0n) is 13.0. The molecule has 1 N–H and O–H groups in total. The molecular weight excluding hydrogens is 367 g/mol. The van der Waals surface area contributed by atoms with Crippen LogP contribution in [0.3, 0.4) is 0 Å². The maximum absolute atomic E-state index is 12.4. The molecule has 0 amide bonds. The van der Waals surface area contributed by atoms with Crippen molar-refractivity contribution in [3.8, 4) is 0 Å². The summed E-state index contributed by atoms with van der Waals surface area (Å²) in [5.41, 5.74) is 2.07. The quantitative estimate of drug-likeness (QED) is 0.844. The number of halogens is 2. The average molecular weight is 385 g/mol. The molecular formula is C17H18Cl2N2O2S. The van der Waals surface area contributed by atoms with E-state index in [-0.39, 0.29) is 16.5 Å². The van der Waals surface area contributed by atoms with Crippen LogP contribution in [0.1, 0.15) is 18.4 Å². The van der Waals surface area contributed by atoms with E-state index in [0.717, 1.165) is 18.7 Å². The van der Waals surface area contributed by atoms with Crippen LogP contribution in [0.4, 0.5) is 5.69 Å². The number of hydrogen-bond acceptors (Lipinski definition) is 3. The molecule has 4 nitrogen and oxygen atoms in total. The minimum atomic E-state index is -3.71. The van der Waals surface area contributed by atoms with E-state index in [4.69, 9.17) is 23.2 Å². The number of rotatable bonds is 5. The van der Waals surface area contributed by atoms with Crippen LogP contribution in [0.25, 0.3) is 0 Å². The van der Waals surface area contributed by atoms with Gasteiger partial charge in [-0.2, -0.15) is 0 Å². The molecule has 1 aliphatic heterocycles. The first kappa shape index (κ1) is 17.5. The van der Waals surface area contributed by atoms with Crippen molar-refractivity contribution >= 4 is 38.9 Å². The Bertz CT molecular complexity index is 817. The van der Waals surface area contributed by atoms with E-state index in [9.17, 15) is 8.42 Å². The number of sulfonamides is 1. The zero-order chi connectivity index (χ0) is 17.2. The van der Waals surface area contributed by atoms with Gasteiger partial charge < -0.3 is 4.90 Å². The third-order valence-electron chi connectivity index (χ3n) is 4.06. The van der Waals surface area contributed by atoms with Crippen molar-refractivity contribution in [2.45, 2.75) is 24.3 Å². The zero-order valence-corrected chi connectivity index (χ0v) is 15.3. The van der Waals surface area contributed by atoms with E-state index in [1.54, 1.807) is 6.07 Å². The summed E-state index contributed by atoms with van der Waals surface area (Å²) in [6.45, 7) is 2.37. The minimum absolute atomic E-state index is 0.00893. The lowest BCUT2D eigenvalue weighted by Gasteiger charge is -2.17. The van der Waals surface area contributed by atoms with Gasteiger partial charge in [-0.3, -0.25) is 0 Å². The predicted octanol–water partition coefficient (Wildman–Crippen LogP) is 4.07. The van der Waals surface area contributed by atoms with Gasteiger partial charge in [0.15, 0.2) is 0 Å². The second kappa shape index (κ2) is 7.31. The van der Waals surface area contributed by atoms with E-state index >= 15 is 0 Å². The van der Waals surface area contributed by atoms with Crippen LogP contribution in [0.15, 0.2) is 47.4 Å². The predicted molar refractivity (Wildman–Crippen MR) is 98.4 cm³/mol. The number of nitrogens with zero attached hydrogens (tertiary/aromatic N) is 1. The Balaban J connectivity index is 1.69. The lowest BCUT2D eigenvalue weighted by Crippen LogP contribution is -2.23. The van der Waals surface area contributed by atoms with Crippen molar-refractivity contribution < 1.29 is 8.42 Å². The van der Waals surface area contributed by atoms with Crippen LogP contribution in [0.2, 0.25) is 10.0 Å². The van der Waals surface area contributed by atoms with Gasteiger partial charge in [-0.25, -0.2) is 13.1 Å². The average Bonchev–Trinajstić information content (AvgIpc) is 3.10. The second-order valence-corrected chi connectivity index (χ2v) is 8.34. The van der Waals surface area contributed by atoms with Crippen molar-refractivity contribution in [2.75, 3.05) is 18.0 Å². The Labute approximate surface area is 152 Å². The van der Waals surface area contributed by atoms with Crippen LogP contribution in [-0.2, 0) is 16.6 Å². The molecule has 1 saturated heterocycles. The molecule has 0 bridgehead atoms. The van der Waals surface area contributed by atoms with Crippen LogP contribution in [-0.4, -0.2) is 21.5 Å². The Morgan fingerprint density at radius 3 is 2.33 bits per heavy atom. The van der Waals surface area contributed by atoms with Gasteiger partial charge in [0.25, 0.3) is 0 Å². The molecule has 3 rings (SSSR count). The normalized spacial score (nSPS) is 15.0.